The van der Waals surface area contributed by atoms with E-state index in [-0.39, 0.29) is 6.04 Å². The van der Waals surface area contributed by atoms with Crippen LogP contribution in [0.4, 0.5) is 0 Å². The minimum absolute atomic E-state index is 0.0949. The molecule has 1 aromatic rings. The lowest BCUT2D eigenvalue weighted by molar-refractivity contribution is 0.368. The Morgan fingerprint density at radius 2 is 2.36 bits per heavy atom. The van der Waals surface area contributed by atoms with E-state index in [2.05, 4.69) is 6.92 Å². The first-order chi connectivity index (χ1) is 5.22. The third-order valence-corrected chi connectivity index (χ3v) is 2.64. The summed E-state index contributed by atoms with van der Waals surface area (Å²) < 4.78 is 5.24. The maximum absolute atomic E-state index is 5.99. The molecule has 1 saturated carbocycles. The Morgan fingerprint density at radius 1 is 1.64 bits per heavy atom. The molecule has 2 N–H and O–H groups in total. The fraction of sp³-hybridized carbons (Fsp3) is 0.556. The van der Waals surface area contributed by atoms with Gasteiger partial charge in [-0.15, -0.1) is 0 Å². The van der Waals surface area contributed by atoms with E-state index in [0.29, 0.717) is 5.41 Å². The van der Waals surface area contributed by atoms with Gasteiger partial charge in [0, 0.05) is 0 Å². The lowest BCUT2D eigenvalue weighted by atomic mass is 9.98. The zero-order valence-corrected chi connectivity index (χ0v) is 6.71. The standard InChI is InChI=1S/C9H13NO/c1-9(4-5-9)8(10)7-3-2-6-11-7/h2-3,6,8H,4-5,10H2,1H3. The summed E-state index contributed by atoms with van der Waals surface area (Å²) in [6, 6.07) is 3.94. The molecule has 1 aliphatic carbocycles. The van der Waals surface area contributed by atoms with Crippen LogP contribution in [0.3, 0.4) is 0 Å². The highest BCUT2D eigenvalue weighted by Gasteiger charge is 2.44. The molecule has 2 rings (SSSR count). The Morgan fingerprint density at radius 3 is 2.82 bits per heavy atom. The number of rotatable bonds is 2. The summed E-state index contributed by atoms with van der Waals surface area (Å²) >= 11 is 0. The molecule has 0 aromatic carbocycles. The van der Waals surface area contributed by atoms with Crippen molar-refractivity contribution in [2.75, 3.05) is 0 Å². The first-order valence-electron chi connectivity index (χ1n) is 4.01. The highest BCUT2D eigenvalue weighted by atomic mass is 16.3. The third-order valence-electron chi connectivity index (χ3n) is 2.64. The number of hydrogen-bond donors (Lipinski definition) is 1. The summed E-state index contributed by atoms with van der Waals surface area (Å²) in [4.78, 5) is 0. The Labute approximate surface area is 66.4 Å². The van der Waals surface area contributed by atoms with E-state index in [1.807, 2.05) is 12.1 Å². The monoisotopic (exact) mass is 151 g/mol. The highest BCUT2D eigenvalue weighted by molar-refractivity contribution is 5.12. The van der Waals surface area contributed by atoms with Gasteiger partial charge in [0.1, 0.15) is 5.76 Å². The minimum Gasteiger partial charge on any atom is -0.468 e. The summed E-state index contributed by atoms with van der Waals surface area (Å²) in [6.07, 6.45) is 4.14. The fourth-order valence-electron chi connectivity index (χ4n) is 1.32. The van der Waals surface area contributed by atoms with Crippen molar-refractivity contribution in [3.05, 3.63) is 24.2 Å². The van der Waals surface area contributed by atoms with Gasteiger partial charge in [-0.2, -0.15) is 0 Å². The second kappa shape index (κ2) is 2.11. The maximum atomic E-state index is 5.99. The summed E-state index contributed by atoms with van der Waals surface area (Å²) in [6.45, 7) is 2.21. The van der Waals surface area contributed by atoms with E-state index in [1.54, 1.807) is 6.26 Å². The second-order valence-electron chi connectivity index (χ2n) is 3.65. The molecule has 1 atom stereocenters. The maximum Gasteiger partial charge on any atom is 0.121 e. The van der Waals surface area contributed by atoms with Crippen LogP contribution >= 0.6 is 0 Å². The van der Waals surface area contributed by atoms with Crippen LogP contribution in [0, 0.1) is 5.41 Å². The van der Waals surface area contributed by atoms with E-state index in [1.165, 1.54) is 12.8 Å². The summed E-state index contributed by atoms with van der Waals surface area (Å²) in [5.41, 5.74) is 6.30. The third kappa shape index (κ3) is 1.07. The topological polar surface area (TPSA) is 39.2 Å². The Bertz CT molecular complexity index is 236. The number of furan rings is 1. The van der Waals surface area contributed by atoms with Crippen LogP contribution in [0.5, 0.6) is 0 Å². The van der Waals surface area contributed by atoms with Gasteiger partial charge in [0.05, 0.1) is 12.3 Å². The zero-order chi connectivity index (χ0) is 7.90. The predicted octanol–water partition coefficient (Wildman–Crippen LogP) is 2.08. The molecule has 1 fully saturated rings. The Kier molecular flexibility index (Phi) is 1.33. The van der Waals surface area contributed by atoms with Crippen molar-refractivity contribution in [2.45, 2.75) is 25.8 Å². The molecule has 0 spiro atoms. The van der Waals surface area contributed by atoms with Crippen molar-refractivity contribution in [1.29, 1.82) is 0 Å². The molecule has 1 aliphatic rings. The largest absolute Gasteiger partial charge is 0.468 e. The van der Waals surface area contributed by atoms with Gasteiger partial charge in [-0.05, 0) is 30.4 Å². The lowest BCUT2D eigenvalue weighted by Crippen LogP contribution is -2.19. The molecule has 2 heteroatoms. The van der Waals surface area contributed by atoms with E-state index >= 15 is 0 Å². The van der Waals surface area contributed by atoms with Gasteiger partial charge in [-0.1, -0.05) is 6.92 Å². The SMILES string of the molecule is CC1(C(N)c2ccco2)CC1. The Balaban J connectivity index is 2.17. The zero-order valence-electron chi connectivity index (χ0n) is 6.71. The van der Waals surface area contributed by atoms with Crippen LogP contribution in [-0.2, 0) is 0 Å². The Hall–Kier alpha value is -0.760. The number of nitrogens with two attached hydrogens (primary N) is 1. The van der Waals surface area contributed by atoms with Gasteiger partial charge >= 0.3 is 0 Å². The number of hydrogen-bond acceptors (Lipinski definition) is 2. The van der Waals surface area contributed by atoms with E-state index in [0.717, 1.165) is 5.76 Å². The molecule has 1 heterocycles. The van der Waals surface area contributed by atoms with Gasteiger partial charge in [0.25, 0.3) is 0 Å². The average molecular weight is 151 g/mol. The van der Waals surface area contributed by atoms with E-state index < -0.39 is 0 Å². The van der Waals surface area contributed by atoms with Crippen LogP contribution in [0.1, 0.15) is 31.6 Å². The van der Waals surface area contributed by atoms with Crippen LogP contribution in [0.2, 0.25) is 0 Å². The van der Waals surface area contributed by atoms with Crippen molar-refractivity contribution in [1.82, 2.24) is 0 Å². The molecule has 0 bridgehead atoms. The molecule has 0 amide bonds. The molecule has 60 valence electrons. The lowest BCUT2D eigenvalue weighted by Gasteiger charge is -2.15. The average Bonchev–Trinajstić information content (AvgIpc) is 2.54. The molecular formula is C9H13NO. The van der Waals surface area contributed by atoms with E-state index in [4.69, 9.17) is 10.2 Å². The first-order valence-corrected chi connectivity index (χ1v) is 4.01. The summed E-state index contributed by atoms with van der Waals surface area (Å²) in [7, 11) is 0. The van der Waals surface area contributed by atoms with Crippen molar-refractivity contribution in [2.24, 2.45) is 11.1 Å². The molecule has 1 aromatic heterocycles. The predicted molar refractivity (Wildman–Crippen MR) is 43.0 cm³/mol. The quantitative estimate of drug-likeness (QED) is 0.702. The van der Waals surface area contributed by atoms with E-state index in [9.17, 15) is 0 Å². The highest BCUT2D eigenvalue weighted by Crippen LogP contribution is 2.53. The fourth-order valence-corrected chi connectivity index (χ4v) is 1.32. The molecule has 11 heavy (non-hydrogen) atoms. The second-order valence-corrected chi connectivity index (χ2v) is 3.65. The summed E-state index contributed by atoms with van der Waals surface area (Å²) in [5.74, 6) is 0.921. The van der Waals surface area contributed by atoms with Crippen LogP contribution < -0.4 is 5.73 Å². The molecule has 0 radical (unpaired) electrons. The minimum atomic E-state index is 0.0949. The molecule has 0 saturated heterocycles. The van der Waals surface area contributed by atoms with Gasteiger partial charge in [0.2, 0.25) is 0 Å². The van der Waals surface area contributed by atoms with Crippen molar-refractivity contribution in [3.63, 3.8) is 0 Å². The molecule has 0 aliphatic heterocycles. The normalized spacial score (nSPS) is 23.1. The first kappa shape index (κ1) is 6.92. The van der Waals surface area contributed by atoms with Crippen molar-refractivity contribution >= 4 is 0 Å². The summed E-state index contributed by atoms with van der Waals surface area (Å²) in [5, 5.41) is 0. The van der Waals surface area contributed by atoms with Crippen LogP contribution in [-0.4, -0.2) is 0 Å². The van der Waals surface area contributed by atoms with Crippen LogP contribution in [0.15, 0.2) is 22.8 Å². The van der Waals surface area contributed by atoms with Gasteiger partial charge < -0.3 is 10.2 Å². The molecule has 1 unspecified atom stereocenters. The van der Waals surface area contributed by atoms with Gasteiger partial charge in [-0.3, -0.25) is 0 Å². The van der Waals surface area contributed by atoms with Gasteiger partial charge in [-0.25, -0.2) is 0 Å². The molecular weight excluding hydrogens is 138 g/mol. The van der Waals surface area contributed by atoms with Crippen molar-refractivity contribution in [3.8, 4) is 0 Å². The smallest absolute Gasteiger partial charge is 0.121 e. The molecule has 2 nitrogen and oxygen atoms in total. The van der Waals surface area contributed by atoms with Crippen molar-refractivity contribution < 1.29 is 4.42 Å². The van der Waals surface area contributed by atoms with Crippen LogP contribution in [0.25, 0.3) is 0 Å². The van der Waals surface area contributed by atoms with Gasteiger partial charge in [0.15, 0.2) is 0 Å².